The zero-order chi connectivity index (χ0) is 11.2. The van der Waals surface area contributed by atoms with Gasteiger partial charge in [-0.05, 0) is 36.8 Å². The first-order valence-electron chi connectivity index (χ1n) is 5.83. The fraction of sp³-hybridized carbons (Fsp3) is 0.538. The maximum Gasteiger partial charge on any atom is 0.122 e. The second kappa shape index (κ2) is 6.16. The van der Waals surface area contributed by atoms with Crippen molar-refractivity contribution in [3.63, 3.8) is 0 Å². The Morgan fingerprint density at radius 2 is 2.31 bits per heavy atom. The van der Waals surface area contributed by atoms with Crippen LogP contribution in [0.2, 0.25) is 0 Å². The average molecular weight is 237 g/mol. The molecule has 1 aliphatic rings. The molecule has 2 rings (SSSR count). The Labute approximate surface area is 102 Å². The molecule has 1 fully saturated rings. The van der Waals surface area contributed by atoms with Gasteiger partial charge in [-0.3, -0.25) is 0 Å². The van der Waals surface area contributed by atoms with E-state index in [-0.39, 0.29) is 0 Å². The number of para-hydroxylation sites is 1. The molecule has 0 aliphatic carbocycles. The number of rotatable bonds is 5. The number of thioether (sulfide) groups is 1. The first-order valence-corrected chi connectivity index (χ1v) is 6.98. The molecule has 16 heavy (non-hydrogen) atoms. The summed E-state index contributed by atoms with van der Waals surface area (Å²) < 4.78 is 5.34. The number of ether oxygens (including phenoxy) is 1. The van der Waals surface area contributed by atoms with Crippen LogP contribution in [-0.2, 0) is 6.42 Å². The molecule has 0 spiro atoms. The first kappa shape index (κ1) is 11.8. The summed E-state index contributed by atoms with van der Waals surface area (Å²) >= 11 is 2.05. The Bertz CT molecular complexity index is 323. The summed E-state index contributed by atoms with van der Waals surface area (Å²) in [6, 6.07) is 8.98. The van der Waals surface area contributed by atoms with Crippen molar-refractivity contribution in [2.45, 2.75) is 18.9 Å². The summed E-state index contributed by atoms with van der Waals surface area (Å²) in [6.45, 7) is 1.05. The summed E-state index contributed by atoms with van der Waals surface area (Å²) in [5.74, 6) is 3.59. The fourth-order valence-electron chi connectivity index (χ4n) is 2.02. The van der Waals surface area contributed by atoms with Gasteiger partial charge in [-0.2, -0.15) is 11.8 Å². The second-order valence-corrected chi connectivity index (χ2v) is 5.23. The van der Waals surface area contributed by atoms with Crippen LogP contribution in [0.5, 0.6) is 5.75 Å². The molecule has 3 heteroatoms. The Morgan fingerprint density at radius 1 is 1.44 bits per heavy atom. The summed E-state index contributed by atoms with van der Waals surface area (Å²) in [7, 11) is 1.74. The molecule has 1 aromatic carbocycles. The van der Waals surface area contributed by atoms with Crippen LogP contribution in [-0.4, -0.2) is 31.2 Å². The molecule has 1 aromatic rings. The Morgan fingerprint density at radius 3 is 3.06 bits per heavy atom. The molecule has 1 heterocycles. The van der Waals surface area contributed by atoms with Gasteiger partial charge >= 0.3 is 0 Å². The maximum absolute atomic E-state index is 5.34. The van der Waals surface area contributed by atoms with E-state index in [4.69, 9.17) is 4.74 Å². The van der Waals surface area contributed by atoms with Crippen LogP contribution < -0.4 is 10.1 Å². The predicted molar refractivity (Wildman–Crippen MR) is 70.4 cm³/mol. The van der Waals surface area contributed by atoms with Gasteiger partial charge in [-0.1, -0.05) is 18.2 Å². The Kier molecular flexibility index (Phi) is 4.55. The molecule has 1 saturated heterocycles. The third-order valence-electron chi connectivity index (χ3n) is 2.95. The van der Waals surface area contributed by atoms with E-state index in [2.05, 4.69) is 17.4 Å². The van der Waals surface area contributed by atoms with Crippen molar-refractivity contribution >= 4 is 11.8 Å². The number of hydrogen-bond acceptors (Lipinski definition) is 3. The molecule has 88 valence electrons. The van der Waals surface area contributed by atoms with Crippen molar-refractivity contribution in [1.29, 1.82) is 0 Å². The van der Waals surface area contributed by atoms with Gasteiger partial charge in [0.1, 0.15) is 5.75 Å². The number of benzene rings is 1. The molecule has 0 radical (unpaired) electrons. The summed E-state index contributed by atoms with van der Waals surface area (Å²) in [5.41, 5.74) is 1.29. The standard InChI is InChI=1S/C13H19NOS/c1-15-13-5-3-2-4-11(13)6-8-14-12-7-9-16-10-12/h2-5,12,14H,6-10H2,1H3. The van der Waals surface area contributed by atoms with Crippen LogP contribution in [0.3, 0.4) is 0 Å². The lowest BCUT2D eigenvalue weighted by Gasteiger charge is -2.12. The molecular formula is C13H19NOS. The maximum atomic E-state index is 5.34. The predicted octanol–water partition coefficient (Wildman–Crippen LogP) is 2.33. The lowest BCUT2D eigenvalue weighted by Crippen LogP contribution is -2.30. The quantitative estimate of drug-likeness (QED) is 0.849. The van der Waals surface area contributed by atoms with Crippen molar-refractivity contribution < 1.29 is 4.74 Å². The molecule has 0 amide bonds. The van der Waals surface area contributed by atoms with Crippen molar-refractivity contribution in [2.75, 3.05) is 25.2 Å². The van der Waals surface area contributed by atoms with Crippen molar-refractivity contribution in [3.8, 4) is 5.75 Å². The number of nitrogens with one attached hydrogen (secondary N) is 1. The van der Waals surface area contributed by atoms with Gasteiger partial charge in [-0.25, -0.2) is 0 Å². The number of methoxy groups -OCH3 is 1. The van der Waals surface area contributed by atoms with E-state index >= 15 is 0 Å². The van der Waals surface area contributed by atoms with E-state index in [0.717, 1.165) is 24.8 Å². The lowest BCUT2D eigenvalue weighted by molar-refractivity contribution is 0.408. The molecule has 1 N–H and O–H groups in total. The third-order valence-corrected chi connectivity index (χ3v) is 4.11. The van der Waals surface area contributed by atoms with Crippen LogP contribution in [0.1, 0.15) is 12.0 Å². The monoisotopic (exact) mass is 237 g/mol. The van der Waals surface area contributed by atoms with Gasteiger partial charge in [0.25, 0.3) is 0 Å². The highest BCUT2D eigenvalue weighted by atomic mass is 32.2. The smallest absolute Gasteiger partial charge is 0.122 e. The molecule has 0 aromatic heterocycles. The van der Waals surface area contributed by atoms with Crippen molar-refractivity contribution in [2.24, 2.45) is 0 Å². The van der Waals surface area contributed by atoms with Crippen molar-refractivity contribution in [3.05, 3.63) is 29.8 Å². The minimum Gasteiger partial charge on any atom is -0.496 e. The Hall–Kier alpha value is -0.670. The van der Waals surface area contributed by atoms with Crippen LogP contribution in [0, 0.1) is 0 Å². The average Bonchev–Trinajstić information content (AvgIpc) is 2.83. The van der Waals surface area contributed by atoms with Crippen LogP contribution in [0.25, 0.3) is 0 Å². The second-order valence-electron chi connectivity index (χ2n) is 4.08. The molecule has 0 saturated carbocycles. The minimum absolute atomic E-state index is 0.722. The van der Waals surface area contributed by atoms with Gasteiger partial charge in [0.2, 0.25) is 0 Å². The molecular weight excluding hydrogens is 218 g/mol. The zero-order valence-corrected chi connectivity index (χ0v) is 10.6. The highest BCUT2D eigenvalue weighted by Crippen LogP contribution is 2.19. The van der Waals surface area contributed by atoms with E-state index in [1.165, 1.54) is 23.5 Å². The van der Waals surface area contributed by atoms with E-state index in [1.807, 2.05) is 23.9 Å². The minimum atomic E-state index is 0.722. The largest absolute Gasteiger partial charge is 0.496 e. The summed E-state index contributed by atoms with van der Waals surface area (Å²) in [6.07, 6.45) is 2.36. The molecule has 1 unspecified atom stereocenters. The first-order chi connectivity index (χ1) is 7.90. The fourth-order valence-corrected chi connectivity index (χ4v) is 3.20. The molecule has 1 aliphatic heterocycles. The van der Waals surface area contributed by atoms with Crippen LogP contribution in [0.15, 0.2) is 24.3 Å². The summed E-state index contributed by atoms with van der Waals surface area (Å²) in [5, 5.41) is 3.60. The van der Waals surface area contributed by atoms with Gasteiger partial charge in [0, 0.05) is 11.8 Å². The van der Waals surface area contributed by atoms with E-state index in [0.29, 0.717) is 0 Å². The van der Waals surface area contributed by atoms with Crippen LogP contribution >= 0.6 is 11.8 Å². The summed E-state index contributed by atoms with van der Waals surface area (Å²) in [4.78, 5) is 0. The third kappa shape index (κ3) is 3.16. The zero-order valence-electron chi connectivity index (χ0n) is 9.74. The van der Waals surface area contributed by atoms with Crippen molar-refractivity contribution in [1.82, 2.24) is 5.32 Å². The van der Waals surface area contributed by atoms with Crippen LogP contribution in [0.4, 0.5) is 0 Å². The molecule has 1 atom stereocenters. The van der Waals surface area contributed by atoms with E-state index < -0.39 is 0 Å². The highest BCUT2D eigenvalue weighted by Gasteiger charge is 2.14. The topological polar surface area (TPSA) is 21.3 Å². The lowest BCUT2D eigenvalue weighted by atomic mass is 10.1. The van der Waals surface area contributed by atoms with Gasteiger partial charge in [0.05, 0.1) is 7.11 Å². The molecule has 0 bridgehead atoms. The van der Waals surface area contributed by atoms with Gasteiger partial charge in [0.15, 0.2) is 0 Å². The van der Waals surface area contributed by atoms with E-state index in [9.17, 15) is 0 Å². The van der Waals surface area contributed by atoms with Gasteiger partial charge < -0.3 is 10.1 Å². The SMILES string of the molecule is COc1ccccc1CCNC1CCSC1. The van der Waals surface area contributed by atoms with Gasteiger partial charge in [-0.15, -0.1) is 0 Å². The number of hydrogen-bond donors (Lipinski definition) is 1. The van der Waals surface area contributed by atoms with E-state index in [1.54, 1.807) is 7.11 Å². The highest BCUT2D eigenvalue weighted by molar-refractivity contribution is 7.99. The molecule has 2 nitrogen and oxygen atoms in total. The Balaban J connectivity index is 1.79. The normalized spacial score (nSPS) is 19.9.